The van der Waals surface area contributed by atoms with Crippen LogP contribution in [0.5, 0.6) is 5.75 Å². The van der Waals surface area contributed by atoms with Gasteiger partial charge in [-0.2, -0.15) is 0 Å². The van der Waals surface area contributed by atoms with E-state index in [2.05, 4.69) is 5.32 Å². The Morgan fingerprint density at radius 3 is 2.81 bits per heavy atom. The first kappa shape index (κ1) is 19.8. The van der Waals surface area contributed by atoms with E-state index in [0.29, 0.717) is 16.5 Å². The summed E-state index contributed by atoms with van der Waals surface area (Å²) in [6.45, 7) is 2.09. The molecule has 0 bridgehead atoms. The number of rotatable bonds is 8. The van der Waals surface area contributed by atoms with Crippen LogP contribution < -0.4 is 15.4 Å². The minimum atomic E-state index is -0.333. The van der Waals surface area contributed by atoms with Gasteiger partial charge in [-0.15, -0.1) is 0 Å². The van der Waals surface area contributed by atoms with Gasteiger partial charge in [-0.05, 0) is 37.3 Å². The average Bonchev–Trinajstić information content (AvgIpc) is 3.14. The summed E-state index contributed by atoms with van der Waals surface area (Å²) >= 11 is 5.94. The van der Waals surface area contributed by atoms with Gasteiger partial charge < -0.3 is 24.7 Å². The molecule has 0 saturated carbocycles. The highest BCUT2D eigenvalue weighted by Gasteiger charge is 2.18. The lowest BCUT2D eigenvalue weighted by Gasteiger charge is -2.17. The molecule has 7 nitrogen and oxygen atoms in total. The van der Waals surface area contributed by atoms with Gasteiger partial charge in [-0.1, -0.05) is 11.6 Å². The zero-order chi connectivity index (χ0) is 19.1. The predicted molar refractivity (Wildman–Crippen MR) is 98.2 cm³/mol. The Hall–Kier alpha value is -2.51. The van der Waals surface area contributed by atoms with Crippen LogP contribution in [0.3, 0.4) is 0 Å². The normalized spacial score (nSPS) is 11.7. The number of nitrogens with two attached hydrogens (primary N) is 1. The molecule has 8 heteroatoms. The third-order valence-corrected chi connectivity index (χ3v) is 4.12. The van der Waals surface area contributed by atoms with Crippen LogP contribution in [0.15, 0.2) is 41.0 Å². The topological polar surface area (TPSA) is 88.4 Å². The highest BCUT2D eigenvalue weighted by molar-refractivity contribution is 6.31. The summed E-state index contributed by atoms with van der Waals surface area (Å²) in [5.41, 5.74) is 0.462. The number of hydrogen-bond donors (Lipinski definition) is 2. The maximum atomic E-state index is 12.2. The summed E-state index contributed by atoms with van der Waals surface area (Å²) in [5.74, 6) is 0.806. The molecule has 2 aromatic rings. The van der Waals surface area contributed by atoms with Crippen molar-refractivity contribution in [1.29, 1.82) is 0 Å². The predicted octanol–water partition coefficient (Wildman–Crippen LogP) is 1.66. The minimum absolute atomic E-state index is 0.0203. The minimum Gasteiger partial charge on any atom is -0.495 e. The molecular weight excluding hydrogens is 358 g/mol. The van der Waals surface area contributed by atoms with Gasteiger partial charge in [0.25, 0.3) is 5.91 Å². The van der Waals surface area contributed by atoms with Crippen LogP contribution in [0.2, 0.25) is 5.02 Å². The molecule has 1 heterocycles. The molecule has 0 radical (unpaired) electrons. The molecule has 1 atom stereocenters. The molecule has 2 amide bonds. The fourth-order valence-corrected chi connectivity index (χ4v) is 2.54. The van der Waals surface area contributed by atoms with E-state index in [1.807, 2.05) is 24.4 Å². The van der Waals surface area contributed by atoms with E-state index in [0.717, 1.165) is 5.76 Å². The molecule has 0 spiro atoms. The largest absolute Gasteiger partial charge is 0.495 e. The molecule has 26 heavy (non-hydrogen) atoms. The average molecular weight is 381 g/mol. The number of carbonyl (C=O) groups excluding carboxylic acids is 2. The lowest BCUT2D eigenvalue weighted by Crippen LogP contribution is -2.87. The molecule has 0 aliphatic rings. The third-order valence-electron chi connectivity index (χ3n) is 3.88. The van der Waals surface area contributed by atoms with Crippen LogP contribution in [-0.2, 0) is 9.59 Å². The maximum absolute atomic E-state index is 12.2. The van der Waals surface area contributed by atoms with Gasteiger partial charge in [0.1, 0.15) is 11.8 Å². The van der Waals surface area contributed by atoms with Gasteiger partial charge in [-0.3, -0.25) is 9.59 Å². The Balaban J connectivity index is 1.84. The Kier molecular flexibility index (Phi) is 7.06. The van der Waals surface area contributed by atoms with Gasteiger partial charge >= 0.3 is 0 Å². The van der Waals surface area contributed by atoms with E-state index in [1.54, 1.807) is 31.5 Å². The van der Waals surface area contributed by atoms with Crippen molar-refractivity contribution in [2.45, 2.75) is 13.0 Å². The smallest absolute Gasteiger partial charge is 0.277 e. The molecule has 1 aromatic heterocycles. The molecule has 0 aliphatic heterocycles. The maximum Gasteiger partial charge on any atom is 0.277 e. The Morgan fingerprint density at radius 2 is 2.15 bits per heavy atom. The number of amides is 2. The number of methoxy groups -OCH3 is 1. The summed E-state index contributed by atoms with van der Waals surface area (Å²) in [5, 5.41) is 5.04. The van der Waals surface area contributed by atoms with Gasteiger partial charge in [-0.25, -0.2) is 0 Å². The summed E-state index contributed by atoms with van der Waals surface area (Å²) in [6, 6.07) is 8.62. The highest BCUT2D eigenvalue weighted by Crippen LogP contribution is 2.27. The van der Waals surface area contributed by atoms with Crippen molar-refractivity contribution in [3.05, 3.63) is 47.4 Å². The number of furan rings is 1. The fourth-order valence-electron chi connectivity index (χ4n) is 2.37. The molecule has 0 aliphatic carbocycles. The molecular formula is C18H23ClN3O4+. The van der Waals surface area contributed by atoms with Gasteiger partial charge in [0.2, 0.25) is 5.91 Å². The molecule has 0 saturated heterocycles. The van der Waals surface area contributed by atoms with Crippen molar-refractivity contribution in [1.82, 2.24) is 4.90 Å². The molecule has 0 fully saturated rings. The Bertz CT molecular complexity index is 749. The molecule has 1 aromatic carbocycles. The van der Waals surface area contributed by atoms with Gasteiger partial charge in [0.15, 0.2) is 12.3 Å². The molecule has 0 unspecified atom stereocenters. The second kappa shape index (κ2) is 9.26. The standard InChI is InChI=1S/C18H22ClN3O4/c1-12(15-5-4-8-26-15)20-10-18(24)22(2)11-17(23)21-14-9-13(19)6-7-16(14)25-3/h4-9,12,20H,10-11H2,1-3H3,(H,21,23)/p+1/t12-/m0/s1. The lowest BCUT2D eigenvalue weighted by atomic mass is 10.2. The van der Waals surface area contributed by atoms with Crippen LogP contribution in [-0.4, -0.2) is 44.0 Å². The van der Waals surface area contributed by atoms with Crippen molar-refractivity contribution in [2.24, 2.45) is 0 Å². The Morgan fingerprint density at radius 1 is 1.38 bits per heavy atom. The zero-order valence-electron chi connectivity index (χ0n) is 15.0. The van der Waals surface area contributed by atoms with Crippen LogP contribution in [0.1, 0.15) is 18.7 Å². The van der Waals surface area contributed by atoms with Crippen molar-refractivity contribution in [3.63, 3.8) is 0 Å². The SMILES string of the molecule is COc1ccc(Cl)cc1NC(=O)CN(C)C(=O)C[NH2+][C@@H](C)c1ccco1. The molecule has 140 valence electrons. The van der Waals surface area contributed by atoms with Crippen molar-refractivity contribution in [3.8, 4) is 5.75 Å². The van der Waals surface area contributed by atoms with E-state index < -0.39 is 0 Å². The molecule has 2 rings (SSSR count). The van der Waals surface area contributed by atoms with E-state index in [-0.39, 0.29) is 30.9 Å². The number of halogens is 1. The van der Waals surface area contributed by atoms with Crippen LogP contribution >= 0.6 is 11.6 Å². The lowest BCUT2D eigenvalue weighted by molar-refractivity contribution is -0.684. The number of nitrogens with one attached hydrogen (secondary N) is 1. The number of carbonyl (C=O) groups is 2. The van der Waals surface area contributed by atoms with Crippen molar-refractivity contribution < 1.29 is 24.1 Å². The number of hydrogen-bond acceptors (Lipinski definition) is 4. The number of nitrogens with zero attached hydrogens (tertiary/aromatic N) is 1. The van der Waals surface area contributed by atoms with E-state index in [9.17, 15) is 9.59 Å². The monoisotopic (exact) mass is 380 g/mol. The van der Waals surface area contributed by atoms with Gasteiger partial charge in [0.05, 0.1) is 25.6 Å². The van der Waals surface area contributed by atoms with E-state index in [1.165, 1.54) is 12.0 Å². The van der Waals surface area contributed by atoms with Crippen molar-refractivity contribution in [2.75, 3.05) is 32.6 Å². The third kappa shape index (κ3) is 5.50. The summed E-state index contributed by atoms with van der Waals surface area (Å²) in [6.07, 6.45) is 1.60. The van der Waals surface area contributed by atoms with Crippen molar-refractivity contribution >= 4 is 29.1 Å². The number of benzene rings is 1. The summed E-state index contributed by atoms with van der Waals surface area (Å²) < 4.78 is 10.5. The number of quaternary nitrogens is 1. The Labute approximate surface area is 157 Å². The summed E-state index contributed by atoms with van der Waals surface area (Å²) in [4.78, 5) is 25.8. The first-order valence-corrected chi connectivity index (χ1v) is 8.52. The number of likely N-dealkylation sites (N-methyl/N-ethyl adjacent to an activating group) is 1. The quantitative estimate of drug-likeness (QED) is 0.729. The molecule has 3 N–H and O–H groups in total. The van der Waals surface area contributed by atoms with E-state index in [4.69, 9.17) is 20.8 Å². The highest BCUT2D eigenvalue weighted by atomic mass is 35.5. The number of ether oxygens (including phenoxy) is 1. The fraction of sp³-hybridized carbons (Fsp3) is 0.333. The first-order chi connectivity index (χ1) is 12.4. The summed E-state index contributed by atoms with van der Waals surface area (Å²) in [7, 11) is 3.09. The zero-order valence-corrected chi connectivity index (χ0v) is 15.7. The van der Waals surface area contributed by atoms with Crippen LogP contribution in [0.25, 0.3) is 0 Å². The van der Waals surface area contributed by atoms with E-state index >= 15 is 0 Å². The number of anilines is 1. The first-order valence-electron chi connectivity index (χ1n) is 8.14. The van der Waals surface area contributed by atoms with Crippen LogP contribution in [0.4, 0.5) is 5.69 Å². The second-order valence-electron chi connectivity index (χ2n) is 5.89. The van der Waals surface area contributed by atoms with Gasteiger partial charge in [0, 0.05) is 12.1 Å². The van der Waals surface area contributed by atoms with Crippen LogP contribution in [0, 0.1) is 0 Å². The second-order valence-corrected chi connectivity index (χ2v) is 6.32.